The summed E-state index contributed by atoms with van der Waals surface area (Å²) in [5.41, 5.74) is 0. The Morgan fingerprint density at radius 2 is 1.91 bits per heavy atom. The van der Waals surface area contributed by atoms with Gasteiger partial charge in [-0.25, -0.2) is 8.78 Å². The maximum Gasteiger partial charge on any atom is 0.262 e. The number of nitrogens with zero attached hydrogens (tertiary/aromatic N) is 2. The number of hydrogen-bond acceptors (Lipinski definition) is 4. The lowest BCUT2D eigenvalue weighted by molar-refractivity contribution is -0.133. The van der Waals surface area contributed by atoms with Crippen LogP contribution in [0.4, 0.5) is 8.78 Å². The molecular formula is C15H26F2N2O3. The van der Waals surface area contributed by atoms with Gasteiger partial charge in [-0.3, -0.25) is 9.69 Å². The minimum Gasteiger partial charge on any atom is -0.384 e. The van der Waals surface area contributed by atoms with Crippen LogP contribution in [0.2, 0.25) is 0 Å². The largest absolute Gasteiger partial charge is 0.384 e. The lowest BCUT2D eigenvalue weighted by atomic mass is 10.0. The van der Waals surface area contributed by atoms with Gasteiger partial charge in [-0.1, -0.05) is 0 Å². The van der Waals surface area contributed by atoms with Crippen molar-refractivity contribution in [1.29, 1.82) is 0 Å². The quantitative estimate of drug-likeness (QED) is 0.741. The monoisotopic (exact) mass is 320 g/mol. The predicted molar refractivity (Wildman–Crippen MR) is 78.0 cm³/mol. The van der Waals surface area contributed by atoms with Gasteiger partial charge in [0.15, 0.2) is 0 Å². The van der Waals surface area contributed by atoms with Gasteiger partial charge < -0.3 is 14.4 Å². The molecule has 0 N–H and O–H groups in total. The van der Waals surface area contributed by atoms with Crippen LogP contribution in [0.1, 0.15) is 25.7 Å². The molecule has 0 bridgehead atoms. The highest BCUT2D eigenvalue weighted by Crippen LogP contribution is 2.35. The number of halogens is 2. The zero-order valence-electron chi connectivity index (χ0n) is 13.4. The normalized spacial score (nSPS) is 26.5. The van der Waals surface area contributed by atoms with Crippen molar-refractivity contribution in [3.8, 4) is 0 Å². The fourth-order valence-corrected chi connectivity index (χ4v) is 3.49. The first kappa shape index (κ1) is 17.6. The summed E-state index contributed by atoms with van der Waals surface area (Å²) in [6.07, 6.45) is 1.74. The standard InChI is InChI=1S/C15H26F2N2O3/c1-21-8-5-14(20)18-6-3-12(4-7-18)19-11-15(16,17)9-13(19)10-22-2/h12-13H,3-11H2,1-2H3/t13-/m0/s1. The fourth-order valence-electron chi connectivity index (χ4n) is 3.49. The number of likely N-dealkylation sites (tertiary alicyclic amines) is 2. The zero-order valence-corrected chi connectivity index (χ0v) is 13.4. The first-order valence-corrected chi connectivity index (χ1v) is 7.86. The second kappa shape index (κ2) is 7.66. The Morgan fingerprint density at radius 1 is 1.23 bits per heavy atom. The van der Waals surface area contributed by atoms with Gasteiger partial charge in [-0.15, -0.1) is 0 Å². The van der Waals surface area contributed by atoms with Crippen molar-refractivity contribution in [2.75, 3.05) is 47.1 Å². The molecule has 2 heterocycles. The zero-order chi connectivity index (χ0) is 16.2. The molecule has 0 radical (unpaired) electrons. The van der Waals surface area contributed by atoms with Crippen LogP contribution in [0.15, 0.2) is 0 Å². The molecule has 1 atom stereocenters. The highest BCUT2D eigenvalue weighted by Gasteiger charge is 2.47. The minimum absolute atomic E-state index is 0.0838. The average molecular weight is 320 g/mol. The summed E-state index contributed by atoms with van der Waals surface area (Å²) in [7, 11) is 3.12. The lowest BCUT2D eigenvalue weighted by Crippen LogP contribution is -2.49. The Morgan fingerprint density at radius 3 is 2.50 bits per heavy atom. The molecule has 0 aromatic carbocycles. The molecule has 2 aliphatic heterocycles. The Balaban J connectivity index is 1.86. The molecule has 0 saturated carbocycles. The fraction of sp³-hybridized carbons (Fsp3) is 0.933. The molecule has 1 amide bonds. The SMILES string of the molecule is COCCC(=O)N1CCC(N2CC(F)(F)C[C@H]2COC)CC1. The van der Waals surface area contributed by atoms with Gasteiger partial charge in [0.2, 0.25) is 5.91 Å². The van der Waals surface area contributed by atoms with E-state index in [9.17, 15) is 13.6 Å². The van der Waals surface area contributed by atoms with Crippen molar-refractivity contribution in [2.24, 2.45) is 0 Å². The van der Waals surface area contributed by atoms with E-state index in [4.69, 9.17) is 9.47 Å². The first-order valence-electron chi connectivity index (χ1n) is 7.86. The van der Waals surface area contributed by atoms with E-state index >= 15 is 0 Å². The van der Waals surface area contributed by atoms with Crippen LogP contribution < -0.4 is 0 Å². The van der Waals surface area contributed by atoms with Crippen LogP contribution in [0, 0.1) is 0 Å². The molecule has 2 aliphatic rings. The van der Waals surface area contributed by atoms with E-state index in [2.05, 4.69) is 0 Å². The Labute approximate surface area is 130 Å². The number of carbonyl (C=O) groups is 1. The van der Waals surface area contributed by atoms with Gasteiger partial charge in [0.1, 0.15) is 0 Å². The molecule has 22 heavy (non-hydrogen) atoms. The van der Waals surface area contributed by atoms with E-state index in [1.165, 1.54) is 0 Å². The molecule has 128 valence electrons. The number of hydrogen-bond donors (Lipinski definition) is 0. The third kappa shape index (κ3) is 4.36. The van der Waals surface area contributed by atoms with Crippen molar-refractivity contribution in [3.05, 3.63) is 0 Å². The number of methoxy groups -OCH3 is 2. The Bertz CT molecular complexity index is 374. The molecule has 2 saturated heterocycles. The highest BCUT2D eigenvalue weighted by atomic mass is 19.3. The molecule has 0 unspecified atom stereocenters. The molecule has 0 spiro atoms. The van der Waals surface area contributed by atoms with Crippen molar-refractivity contribution < 1.29 is 23.0 Å². The van der Waals surface area contributed by atoms with E-state index < -0.39 is 5.92 Å². The molecule has 2 rings (SSSR count). The molecule has 7 heteroatoms. The summed E-state index contributed by atoms with van der Waals surface area (Å²) < 4.78 is 37.4. The van der Waals surface area contributed by atoms with E-state index in [1.54, 1.807) is 14.2 Å². The summed E-state index contributed by atoms with van der Waals surface area (Å²) >= 11 is 0. The number of rotatable bonds is 6. The average Bonchev–Trinajstić information content (AvgIpc) is 2.80. The molecule has 0 aromatic heterocycles. The van der Waals surface area contributed by atoms with Gasteiger partial charge in [-0.2, -0.15) is 0 Å². The molecule has 0 aliphatic carbocycles. The van der Waals surface area contributed by atoms with E-state index in [0.29, 0.717) is 32.7 Å². The number of amides is 1. The Hall–Kier alpha value is -0.790. The van der Waals surface area contributed by atoms with Crippen LogP contribution in [-0.2, 0) is 14.3 Å². The maximum absolute atomic E-state index is 13.7. The van der Waals surface area contributed by atoms with Crippen LogP contribution in [0.3, 0.4) is 0 Å². The number of piperidine rings is 1. The topological polar surface area (TPSA) is 42.0 Å². The number of carbonyl (C=O) groups excluding carboxylic acids is 1. The van der Waals surface area contributed by atoms with Crippen LogP contribution in [0.5, 0.6) is 0 Å². The smallest absolute Gasteiger partial charge is 0.262 e. The Kier molecular flexibility index (Phi) is 6.11. The summed E-state index contributed by atoms with van der Waals surface area (Å²) in [6.45, 7) is 1.84. The van der Waals surface area contributed by atoms with Crippen LogP contribution in [-0.4, -0.2) is 80.8 Å². The number of ether oxygens (including phenoxy) is 2. The molecule has 0 aromatic rings. The summed E-state index contributed by atoms with van der Waals surface area (Å²) in [4.78, 5) is 15.7. The molecule has 5 nitrogen and oxygen atoms in total. The van der Waals surface area contributed by atoms with Crippen LogP contribution in [0.25, 0.3) is 0 Å². The second-order valence-electron chi connectivity index (χ2n) is 6.20. The van der Waals surface area contributed by atoms with Crippen molar-refractivity contribution in [2.45, 2.75) is 43.7 Å². The minimum atomic E-state index is -2.63. The summed E-state index contributed by atoms with van der Waals surface area (Å²) in [5.74, 6) is -2.55. The van der Waals surface area contributed by atoms with Gasteiger partial charge >= 0.3 is 0 Å². The van der Waals surface area contributed by atoms with E-state index in [-0.39, 0.29) is 31.0 Å². The van der Waals surface area contributed by atoms with Gasteiger partial charge in [0.05, 0.1) is 26.2 Å². The lowest BCUT2D eigenvalue weighted by Gasteiger charge is -2.39. The van der Waals surface area contributed by atoms with Gasteiger partial charge in [0, 0.05) is 45.8 Å². The second-order valence-corrected chi connectivity index (χ2v) is 6.20. The summed E-state index contributed by atoms with van der Waals surface area (Å²) in [5, 5.41) is 0. The first-order chi connectivity index (χ1) is 10.5. The van der Waals surface area contributed by atoms with E-state index in [1.807, 2.05) is 9.80 Å². The van der Waals surface area contributed by atoms with E-state index in [0.717, 1.165) is 12.8 Å². The molecule has 2 fully saturated rings. The summed E-state index contributed by atoms with van der Waals surface area (Å²) in [6, 6.07) is -0.110. The van der Waals surface area contributed by atoms with Crippen LogP contribution >= 0.6 is 0 Å². The molecular weight excluding hydrogens is 294 g/mol. The maximum atomic E-state index is 13.7. The van der Waals surface area contributed by atoms with Crippen molar-refractivity contribution in [1.82, 2.24) is 9.80 Å². The van der Waals surface area contributed by atoms with Crippen molar-refractivity contribution in [3.63, 3.8) is 0 Å². The third-order valence-corrected chi connectivity index (χ3v) is 4.58. The van der Waals surface area contributed by atoms with Gasteiger partial charge in [0.25, 0.3) is 5.92 Å². The third-order valence-electron chi connectivity index (χ3n) is 4.58. The van der Waals surface area contributed by atoms with Crippen molar-refractivity contribution >= 4 is 5.91 Å². The highest BCUT2D eigenvalue weighted by molar-refractivity contribution is 5.76. The number of alkyl halides is 2. The predicted octanol–water partition coefficient (Wildman–Crippen LogP) is 1.37. The van der Waals surface area contributed by atoms with Gasteiger partial charge in [-0.05, 0) is 12.8 Å².